The van der Waals surface area contributed by atoms with Crippen molar-refractivity contribution in [3.63, 3.8) is 0 Å². The van der Waals surface area contributed by atoms with Crippen LogP contribution in [0.1, 0.15) is 74.4 Å². The van der Waals surface area contributed by atoms with Gasteiger partial charge in [-0.2, -0.15) is 0 Å². The van der Waals surface area contributed by atoms with Gasteiger partial charge in [0.1, 0.15) is 17.7 Å². The van der Waals surface area contributed by atoms with E-state index >= 15 is 0 Å². The Morgan fingerprint density at radius 1 is 0.943 bits per heavy atom. The van der Waals surface area contributed by atoms with Crippen molar-refractivity contribution in [2.24, 2.45) is 10.4 Å². The van der Waals surface area contributed by atoms with E-state index in [1.54, 1.807) is 0 Å². The quantitative estimate of drug-likeness (QED) is 0.105. The summed E-state index contributed by atoms with van der Waals surface area (Å²) in [5.74, 6) is 1.92. The summed E-state index contributed by atoms with van der Waals surface area (Å²) in [5, 5.41) is 23.9. The van der Waals surface area contributed by atoms with Crippen molar-refractivity contribution < 1.29 is 14.3 Å². The molecule has 11 heteroatoms. The van der Waals surface area contributed by atoms with Gasteiger partial charge in [0.2, 0.25) is 0 Å². The molecular formula is C42H48N8O3. The highest BCUT2D eigenvalue weighted by atomic mass is 16.5. The summed E-state index contributed by atoms with van der Waals surface area (Å²) >= 11 is 0. The number of fused-ring (bicyclic) bond motifs is 2. The molecule has 2 amide bonds. The van der Waals surface area contributed by atoms with Gasteiger partial charge in [0.25, 0.3) is 0 Å². The molecule has 0 saturated carbocycles. The number of nitrogens with zero attached hydrogens (tertiary/aromatic N) is 5. The van der Waals surface area contributed by atoms with Crippen LogP contribution in [0.15, 0.2) is 96.1 Å². The number of amidine groups is 1. The van der Waals surface area contributed by atoms with Crippen molar-refractivity contribution in [2.45, 2.75) is 65.6 Å². The van der Waals surface area contributed by atoms with Crippen molar-refractivity contribution in [1.29, 1.82) is 5.41 Å². The first-order valence-electron chi connectivity index (χ1n) is 18.4. The van der Waals surface area contributed by atoms with Crippen LogP contribution in [0.25, 0.3) is 17.0 Å². The van der Waals surface area contributed by atoms with Gasteiger partial charge in [-0.25, -0.2) is 9.79 Å². The van der Waals surface area contributed by atoms with Crippen LogP contribution in [0.5, 0.6) is 5.75 Å². The molecule has 5 aromatic rings. The Hall–Kier alpha value is -5.39. The number of aryl methyl sites for hydroxylation is 1. The number of aliphatic imine (C=N–C) groups is 1. The first-order valence-corrected chi connectivity index (χ1v) is 18.4. The lowest BCUT2D eigenvalue weighted by atomic mass is 9.85. The largest absolute Gasteiger partial charge is 0.484 e. The Morgan fingerprint density at radius 2 is 1.68 bits per heavy atom. The molecule has 2 aromatic heterocycles. The summed E-state index contributed by atoms with van der Waals surface area (Å²) in [6.45, 7) is 12.1. The van der Waals surface area contributed by atoms with Crippen molar-refractivity contribution in [3.8, 4) is 17.1 Å². The topological polar surface area (TPSA) is 129 Å². The first-order chi connectivity index (χ1) is 25.6. The third-order valence-corrected chi connectivity index (χ3v) is 9.96. The zero-order valence-electron chi connectivity index (χ0n) is 30.9. The molecule has 1 aliphatic carbocycles. The van der Waals surface area contributed by atoms with E-state index < -0.39 is 0 Å². The van der Waals surface area contributed by atoms with Gasteiger partial charge >= 0.3 is 6.03 Å². The number of ether oxygens (including phenoxy) is 2. The Morgan fingerprint density at radius 3 is 2.45 bits per heavy atom. The second kappa shape index (κ2) is 15.7. The fourth-order valence-corrected chi connectivity index (χ4v) is 6.83. The number of rotatable bonds is 9. The average molecular weight is 713 g/mol. The van der Waals surface area contributed by atoms with E-state index in [2.05, 4.69) is 56.1 Å². The number of benzene rings is 3. The van der Waals surface area contributed by atoms with Gasteiger partial charge in [0, 0.05) is 37.3 Å². The molecule has 0 radical (unpaired) electrons. The molecule has 2 aliphatic rings. The van der Waals surface area contributed by atoms with Crippen LogP contribution in [0, 0.1) is 17.7 Å². The molecule has 7 rings (SSSR count). The minimum atomic E-state index is -0.351. The van der Waals surface area contributed by atoms with Gasteiger partial charge in [-0.1, -0.05) is 87.0 Å². The van der Waals surface area contributed by atoms with Crippen LogP contribution >= 0.6 is 0 Å². The second-order valence-electron chi connectivity index (χ2n) is 14.9. The minimum Gasteiger partial charge on any atom is -0.484 e. The molecule has 0 bridgehead atoms. The van der Waals surface area contributed by atoms with Crippen molar-refractivity contribution in [3.05, 3.63) is 113 Å². The Labute approximate surface area is 311 Å². The van der Waals surface area contributed by atoms with Gasteiger partial charge in [-0.3, -0.25) is 14.6 Å². The van der Waals surface area contributed by atoms with Gasteiger partial charge in [0.15, 0.2) is 11.5 Å². The maximum absolute atomic E-state index is 13.5. The maximum Gasteiger partial charge on any atom is 0.320 e. The molecule has 1 aliphatic heterocycles. The molecule has 3 N–H and O–H groups in total. The second-order valence-corrected chi connectivity index (χ2v) is 14.9. The predicted molar refractivity (Wildman–Crippen MR) is 208 cm³/mol. The Bertz CT molecular complexity index is 2110. The van der Waals surface area contributed by atoms with Crippen LogP contribution in [0.4, 0.5) is 10.5 Å². The molecule has 3 aromatic carbocycles. The normalized spacial score (nSPS) is 18.0. The third-order valence-electron chi connectivity index (χ3n) is 9.96. The van der Waals surface area contributed by atoms with Crippen molar-refractivity contribution in [2.75, 3.05) is 26.3 Å². The van der Waals surface area contributed by atoms with Gasteiger partial charge in [0.05, 0.1) is 31.1 Å². The van der Waals surface area contributed by atoms with Crippen LogP contribution in [0.2, 0.25) is 0 Å². The highest BCUT2D eigenvalue weighted by Crippen LogP contribution is 2.39. The third kappa shape index (κ3) is 8.64. The number of amides is 2. The lowest BCUT2D eigenvalue weighted by molar-refractivity contribution is 0.0342. The van der Waals surface area contributed by atoms with Crippen molar-refractivity contribution in [1.82, 2.24) is 30.1 Å². The number of aromatic nitrogens is 3. The van der Waals surface area contributed by atoms with Gasteiger partial charge < -0.3 is 20.2 Å². The lowest BCUT2D eigenvalue weighted by Crippen LogP contribution is -2.43. The number of pyridine rings is 1. The van der Waals surface area contributed by atoms with Crippen LogP contribution in [0.3, 0.4) is 0 Å². The number of nitrogens with one attached hydrogen (secondary N) is 3. The SMILES string of the molecule is Cc1ccc(N=C(CC(=N)C(C)(C)C)NC(=O)NC2CCC(Oc3ccc4nnc(-c5ccccc5CN5CCOCC5)n4c3)c3ccccc32)cc1. The summed E-state index contributed by atoms with van der Waals surface area (Å²) in [6, 6.07) is 27.6. The lowest BCUT2D eigenvalue weighted by Gasteiger charge is -2.32. The molecule has 1 fully saturated rings. The number of urea groups is 1. The van der Waals surface area contributed by atoms with Crippen molar-refractivity contribution >= 4 is 28.9 Å². The molecule has 1 saturated heterocycles. The zero-order valence-corrected chi connectivity index (χ0v) is 30.9. The molecule has 0 spiro atoms. The molecule has 274 valence electrons. The van der Waals surface area contributed by atoms with E-state index in [1.807, 2.05) is 92.9 Å². The molecular weight excluding hydrogens is 665 g/mol. The fourth-order valence-electron chi connectivity index (χ4n) is 6.83. The van der Waals surface area contributed by atoms with E-state index in [0.717, 1.165) is 72.3 Å². The summed E-state index contributed by atoms with van der Waals surface area (Å²) in [7, 11) is 0. The summed E-state index contributed by atoms with van der Waals surface area (Å²) < 4.78 is 14.3. The standard InChI is InChI=1S/C42H48N8O3/c1-28-13-15-30(16-14-28)44-38(25-37(43)42(2,3)4)46-41(51)45-35-18-19-36(34-12-8-7-11-33(34)35)53-31-17-20-39-47-48-40(50(39)27-31)32-10-6-5-9-29(32)26-49-21-23-52-24-22-49/h5-17,20,27,35-36,43H,18-19,21-26H2,1-4H3,(H2,44,45,46,51). The molecule has 2 unspecified atom stereocenters. The van der Waals surface area contributed by atoms with E-state index in [4.69, 9.17) is 19.9 Å². The molecule has 53 heavy (non-hydrogen) atoms. The number of hydrogen-bond donors (Lipinski definition) is 3. The molecule has 11 nitrogen and oxygen atoms in total. The highest BCUT2D eigenvalue weighted by Gasteiger charge is 2.30. The molecule has 3 heterocycles. The Balaban J connectivity index is 1.07. The Kier molecular flexibility index (Phi) is 10.7. The summed E-state index contributed by atoms with van der Waals surface area (Å²) in [5.41, 5.74) is 7.02. The van der Waals surface area contributed by atoms with E-state index in [-0.39, 0.29) is 30.0 Å². The van der Waals surface area contributed by atoms with Gasteiger partial charge in [-0.15, -0.1) is 10.2 Å². The first kappa shape index (κ1) is 36.0. The maximum atomic E-state index is 13.5. The predicted octanol–water partition coefficient (Wildman–Crippen LogP) is 7.98. The summed E-state index contributed by atoms with van der Waals surface area (Å²) in [4.78, 5) is 20.7. The minimum absolute atomic E-state index is 0.204. The highest BCUT2D eigenvalue weighted by molar-refractivity contribution is 6.09. The fraction of sp³-hybridized carbons (Fsp3) is 0.357. The number of morpholine rings is 1. The molecule has 2 atom stereocenters. The number of carbonyl (C=O) groups is 1. The van der Waals surface area contributed by atoms with E-state index in [0.29, 0.717) is 30.1 Å². The number of carbonyl (C=O) groups excluding carboxylic acids is 1. The zero-order chi connectivity index (χ0) is 37.0. The van der Waals surface area contributed by atoms with E-state index in [9.17, 15) is 4.79 Å². The monoisotopic (exact) mass is 712 g/mol. The number of hydrogen-bond acceptors (Lipinski definition) is 8. The van der Waals surface area contributed by atoms with Crippen LogP contribution in [-0.2, 0) is 11.3 Å². The van der Waals surface area contributed by atoms with Crippen LogP contribution < -0.4 is 15.4 Å². The van der Waals surface area contributed by atoms with Crippen LogP contribution in [-0.4, -0.2) is 63.4 Å². The summed E-state index contributed by atoms with van der Waals surface area (Å²) in [6.07, 6.45) is 3.40. The van der Waals surface area contributed by atoms with Gasteiger partial charge in [-0.05, 0) is 66.1 Å². The smallest absolute Gasteiger partial charge is 0.320 e. The average Bonchev–Trinajstić information content (AvgIpc) is 3.57. The van der Waals surface area contributed by atoms with E-state index in [1.165, 1.54) is 5.56 Å².